The van der Waals surface area contributed by atoms with E-state index in [4.69, 9.17) is 23.4 Å². The molecule has 0 unspecified atom stereocenters. The van der Waals surface area contributed by atoms with Crippen LogP contribution in [0.3, 0.4) is 0 Å². The Balaban J connectivity index is 1.63. The number of hydrogen-bond acceptors (Lipinski definition) is 7. The minimum absolute atomic E-state index is 0.00646. The van der Waals surface area contributed by atoms with Crippen LogP contribution in [0.1, 0.15) is 10.4 Å². The van der Waals surface area contributed by atoms with Crippen LogP contribution in [-0.4, -0.2) is 29.8 Å². The van der Waals surface area contributed by atoms with Crippen molar-refractivity contribution in [2.45, 2.75) is 0 Å². The van der Waals surface area contributed by atoms with Gasteiger partial charge in [0.15, 0.2) is 23.0 Å². The average molecular weight is 418 g/mol. The number of fused-ring (bicyclic) bond motifs is 3. The van der Waals surface area contributed by atoms with E-state index in [1.807, 2.05) is 0 Å². The molecule has 2 N–H and O–H groups in total. The summed E-state index contributed by atoms with van der Waals surface area (Å²) in [7, 11) is 0. The second-order valence-corrected chi connectivity index (χ2v) is 7.11. The van der Waals surface area contributed by atoms with Crippen LogP contribution in [0, 0.1) is 0 Å². The van der Waals surface area contributed by atoms with Gasteiger partial charge in [0.25, 0.3) is 0 Å². The second-order valence-electron chi connectivity index (χ2n) is 7.11. The number of ether oxygens (including phenoxy) is 4. The Morgan fingerprint density at radius 3 is 2.10 bits per heavy atom. The van der Waals surface area contributed by atoms with Crippen molar-refractivity contribution in [3.63, 3.8) is 0 Å². The fraction of sp³-hybridized carbons (Fsp3) is 0.0870. The Morgan fingerprint density at radius 1 is 0.806 bits per heavy atom. The number of aromatic carboxylic acids is 1. The molecular formula is C23H14O8. The van der Waals surface area contributed by atoms with Crippen LogP contribution in [0.2, 0.25) is 0 Å². The van der Waals surface area contributed by atoms with Crippen LogP contribution in [0.4, 0.5) is 0 Å². The highest BCUT2D eigenvalue weighted by atomic mass is 16.7. The Kier molecular flexibility index (Phi) is 3.58. The van der Waals surface area contributed by atoms with E-state index in [0.29, 0.717) is 56.4 Å². The highest BCUT2D eigenvalue weighted by molar-refractivity contribution is 6.04. The van der Waals surface area contributed by atoms with Crippen molar-refractivity contribution in [3.8, 4) is 51.2 Å². The van der Waals surface area contributed by atoms with Crippen LogP contribution in [-0.2, 0) is 0 Å². The average Bonchev–Trinajstić information content (AvgIpc) is 3.49. The van der Waals surface area contributed by atoms with E-state index >= 15 is 0 Å². The normalized spacial score (nSPS) is 13.7. The molecule has 0 atom stereocenters. The molecule has 0 amide bonds. The maximum absolute atomic E-state index is 11.2. The number of rotatable bonds is 3. The molecule has 2 aliphatic heterocycles. The van der Waals surface area contributed by atoms with Crippen LogP contribution >= 0.6 is 0 Å². The van der Waals surface area contributed by atoms with Gasteiger partial charge in [-0.3, -0.25) is 0 Å². The third-order valence-corrected chi connectivity index (χ3v) is 5.34. The zero-order valence-corrected chi connectivity index (χ0v) is 15.9. The van der Waals surface area contributed by atoms with Gasteiger partial charge in [0.1, 0.15) is 17.1 Å². The number of aromatic hydroxyl groups is 1. The number of carboxylic acids is 1. The lowest BCUT2D eigenvalue weighted by atomic mass is 9.96. The van der Waals surface area contributed by atoms with Gasteiger partial charge in [-0.05, 0) is 24.3 Å². The molecule has 0 fully saturated rings. The van der Waals surface area contributed by atoms with Crippen molar-refractivity contribution in [2.24, 2.45) is 0 Å². The summed E-state index contributed by atoms with van der Waals surface area (Å²) in [5, 5.41) is 20.7. The third kappa shape index (κ3) is 2.65. The molecule has 3 aromatic carbocycles. The Hall–Kier alpha value is -4.33. The Bertz CT molecular complexity index is 1370. The molecule has 0 saturated carbocycles. The first-order chi connectivity index (χ1) is 15.1. The molecule has 2 aliphatic rings. The monoisotopic (exact) mass is 418 g/mol. The number of hydrogen-bond donors (Lipinski definition) is 2. The molecule has 0 radical (unpaired) electrons. The van der Waals surface area contributed by atoms with Crippen LogP contribution in [0.15, 0.2) is 52.9 Å². The maximum atomic E-state index is 11.2. The summed E-state index contributed by atoms with van der Waals surface area (Å²) in [6.07, 6.45) is 0. The lowest BCUT2D eigenvalue weighted by molar-refractivity contribution is 0.0697. The van der Waals surface area contributed by atoms with E-state index in [2.05, 4.69) is 0 Å². The molecule has 0 spiro atoms. The molecule has 0 aliphatic carbocycles. The van der Waals surface area contributed by atoms with Crippen molar-refractivity contribution in [1.82, 2.24) is 0 Å². The van der Waals surface area contributed by atoms with Crippen LogP contribution in [0.5, 0.6) is 28.7 Å². The summed E-state index contributed by atoms with van der Waals surface area (Å²) >= 11 is 0. The highest BCUT2D eigenvalue weighted by Gasteiger charge is 2.27. The first-order valence-corrected chi connectivity index (χ1v) is 9.41. The summed E-state index contributed by atoms with van der Waals surface area (Å²) in [4.78, 5) is 11.2. The van der Waals surface area contributed by atoms with Crippen molar-refractivity contribution in [2.75, 3.05) is 13.6 Å². The first-order valence-electron chi connectivity index (χ1n) is 9.41. The minimum Gasteiger partial charge on any atom is -0.507 e. The summed E-state index contributed by atoms with van der Waals surface area (Å²) in [5.41, 5.74) is 2.45. The largest absolute Gasteiger partial charge is 0.507 e. The van der Waals surface area contributed by atoms with Crippen LogP contribution in [0.25, 0.3) is 33.4 Å². The van der Waals surface area contributed by atoms with Crippen molar-refractivity contribution in [1.29, 1.82) is 0 Å². The van der Waals surface area contributed by atoms with Gasteiger partial charge < -0.3 is 33.6 Å². The molecule has 6 rings (SSSR count). The number of furan rings is 1. The van der Waals surface area contributed by atoms with E-state index in [-0.39, 0.29) is 24.9 Å². The predicted octanol–water partition coefficient (Wildman–Crippen LogP) is 4.63. The summed E-state index contributed by atoms with van der Waals surface area (Å²) in [6, 6.07) is 13.1. The molecule has 31 heavy (non-hydrogen) atoms. The standard InChI is InChI=1S/C23H14O8/c24-15-7-19-17(27-9-29-19)5-13(15)21-14-6-18-20(30-10-28-18)8-16(14)31-22(21)11-1-3-12(4-2-11)23(25)26/h1-8,24H,9-10H2,(H,25,26). The molecule has 8 heteroatoms. The molecular weight excluding hydrogens is 404 g/mol. The molecule has 0 saturated heterocycles. The number of phenolic OH excluding ortho intramolecular Hbond substituents is 1. The quantitative estimate of drug-likeness (QED) is 0.496. The lowest BCUT2D eigenvalue weighted by Crippen LogP contribution is -1.95. The Labute approximate surface area is 174 Å². The smallest absolute Gasteiger partial charge is 0.335 e. The van der Waals surface area contributed by atoms with Gasteiger partial charge in [0.2, 0.25) is 13.6 Å². The van der Waals surface area contributed by atoms with Gasteiger partial charge in [-0.2, -0.15) is 0 Å². The second kappa shape index (κ2) is 6.33. The molecule has 4 aromatic rings. The fourth-order valence-electron chi connectivity index (χ4n) is 3.85. The first kappa shape index (κ1) is 17.5. The van der Waals surface area contributed by atoms with Gasteiger partial charge in [-0.25, -0.2) is 4.79 Å². The number of phenols is 1. The minimum atomic E-state index is -1.02. The van der Waals surface area contributed by atoms with Gasteiger partial charge in [0.05, 0.1) is 5.56 Å². The summed E-state index contributed by atoms with van der Waals surface area (Å²) in [6.45, 7) is 0.197. The van der Waals surface area contributed by atoms with E-state index in [1.54, 1.807) is 30.3 Å². The van der Waals surface area contributed by atoms with Gasteiger partial charge in [-0.15, -0.1) is 0 Å². The number of benzene rings is 3. The summed E-state index contributed by atoms with van der Waals surface area (Å²) in [5.74, 6) is 1.54. The van der Waals surface area contributed by atoms with E-state index in [9.17, 15) is 15.0 Å². The van der Waals surface area contributed by atoms with Crippen molar-refractivity contribution in [3.05, 3.63) is 54.1 Å². The molecule has 154 valence electrons. The predicted molar refractivity (Wildman–Crippen MR) is 108 cm³/mol. The van der Waals surface area contributed by atoms with Gasteiger partial charge >= 0.3 is 5.97 Å². The third-order valence-electron chi connectivity index (χ3n) is 5.34. The Morgan fingerprint density at radius 2 is 1.42 bits per heavy atom. The van der Waals surface area contributed by atoms with Crippen molar-refractivity contribution < 1.29 is 38.4 Å². The number of carboxylic acid groups (broad SMARTS) is 1. The highest BCUT2D eigenvalue weighted by Crippen LogP contribution is 2.50. The fourth-order valence-corrected chi connectivity index (χ4v) is 3.85. The molecule has 1 aromatic heterocycles. The van der Waals surface area contributed by atoms with Gasteiger partial charge in [-0.1, -0.05) is 12.1 Å². The van der Waals surface area contributed by atoms with E-state index in [1.165, 1.54) is 18.2 Å². The van der Waals surface area contributed by atoms with E-state index in [0.717, 1.165) is 0 Å². The van der Waals surface area contributed by atoms with Crippen molar-refractivity contribution >= 4 is 16.9 Å². The van der Waals surface area contributed by atoms with E-state index < -0.39 is 5.97 Å². The zero-order chi connectivity index (χ0) is 21.1. The van der Waals surface area contributed by atoms with Crippen LogP contribution < -0.4 is 18.9 Å². The lowest BCUT2D eigenvalue weighted by Gasteiger charge is -2.08. The molecule has 0 bridgehead atoms. The summed E-state index contributed by atoms with van der Waals surface area (Å²) < 4.78 is 28.0. The SMILES string of the molecule is O=C(O)c1ccc(-c2oc3cc4c(cc3c2-c2cc3c(cc2O)OCO3)OCO4)cc1. The maximum Gasteiger partial charge on any atom is 0.335 e. The molecule has 8 nitrogen and oxygen atoms in total. The van der Waals surface area contributed by atoms with Gasteiger partial charge in [0, 0.05) is 34.2 Å². The molecule has 3 heterocycles. The topological polar surface area (TPSA) is 108 Å². The number of carbonyl (C=O) groups is 1. The zero-order valence-electron chi connectivity index (χ0n) is 15.9.